The highest BCUT2D eigenvalue weighted by atomic mass is 19.1. The van der Waals surface area contributed by atoms with Crippen molar-refractivity contribution in [3.63, 3.8) is 0 Å². The van der Waals surface area contributed by atoms with Gasteiger partial charge in [0.05, 0.1) is 5.56 Å². The minimum absolute atomic E-state index is 0.0976. The predicted molar refractivity (Wildman–Crippen MR) is 66.6 cm³/mol. The van der Waals surface area contributed by atoms with Crippen LogP contribution in [0.4, 0.5) is 4.39 Å². The van der Waals surface area contributed by atoms with Crippen LogP contribution in [-0.2, 0) is 6.42 Å². The van der Waals surface area contributed by atoms with E-state index in [4.69, 9.17) is 0 Å². The Balaban J connectivity index is 2.45. The van der Waals surface area contributed by atoms with Crippen molar-refractivity contribution in [3.05, 3.63) is 59.4 Å². The molecule has 2 heteroatoms. The second-order valence-corrected chi connectivity index (χ2v) is 3.91. The molecule has 0 aromatic heterocycles. The average Bonchev–Trinajstić information content (AvgIpc) is 2.38. The van der Waals surface area contributed by atoms with Gasteiger partial charge in [-0.05, 0) is 35.2 Å². The number of hydrogen-bond acceptors (Lipinski definition) is 1. The molecule has 0 spiro atoms. The Morgan fingerprint density at radius 2 is 1.88 bits per heavy atom. The molecule has 0 aliphatic carbocycles. The number of carbonyl (C=O) groups is 1. The van der Waals surface area contributed by atoms with E-state index >= 15 is 0 Å². The number of halogens is 1. The Labute approximate surface area is 99.9 Å². The molecule has 0 bridgehead atoms. The van der Waals surface area contributed by atoms with Gasteiger partial charge in [0.2, 0.25) is 0 Å². The van der Waals surface area contributed by atoms with Gasteiger partial charge >= 0.3 is 0 Å². The molecule has 0 unspecified atom stereocenters. The van der Waals surface area contributed by atoms with Gasteiger partial charge in [-0.3, -0.25) is 4.79 Å². The fourth-order valence-corrected chi connectivity index (χ4v) is 1.77. The van der Waals surface area contributed by atoms with Crippen LogP contribution in [0, 0.1) is 5.82 Å². The van der Waals surface area contributed by atoms with E-state index in [9.17, 15) is 9.18 Å². The minimum atomic E-state index is -0.473. The molecular weight excluding hydrogens is 215 g/mol. The quantitative estimate of drug-likeness (QED) is 0.729. The first-order chi connectivity index (χ1) is 8.24. The van der Waals surface area contributed by atoms with Gasteiger partial charge in [-0.1, -0.05) is 37.3 Å². The molecule has 0 N–H and O–H groups in total. The van der Waals surface area contributed by atoms with E-state index in [0.717, 1.165) is 17.5 Å². The van der Waals surface area contributed by atoms with E-state index in [1.54, 1.807) is 6.07 Å². The summed E-state index contributed by atoms with van der Waals surface area (Å²) in [6.45, 7) is 2.08. The van der Waals surface area contributed by atoms with Gasteiger partial charge < -0.3 is 0 Å². The van der Waals surface area contributed by atoms with Crippen molar-refractivity contribution in [3.8, 4) is 11.1 Å². The molecule has 2 rings (SSSR count). The highest BCUT2D eigenvalue weighted by Crippen LogP contribution is 2.22. The maximum atomic E-state index is 13.5. The van der Waals surface area contributed by atoms with E-state index in [2.05, 4.69) is 6.92 Å². The molecule has 0 amide bonds. The number of aryl methyl sites for hydroxylation is 1. The van der Waals surface area contributed by atoms with E-state index < -0.39 is 5.82 Å². The summed E-state index contributed by atoms with van der Waals surface area (Å²) in [7, 11) is 0. The first-order valence-electron chi connectivity index (χ1n) is 5.58. The summed E-state index contributed by atoms with van der Waals surface area (Å²) in [5, 5.41) is 0. The highest BCUT2D eigenvalue weighted by molar-refractivity contribution is 5.77. The van der Waals surface area contributed by atoms with Crippen molar-refractivity contribution in [2.75, 3.05) is 0 Å². The molecule has 0 fully saturated rings. The number of hydrogen-bond donors (Lipinski definition) is 0. The normalized spacial score (nSPS) is 10.2. The predicted octanol–water partition coefficient (Wildman–Crippen LogP) is 3.87. The largest absolute Gasteiger partial charge is 0.298 e. The van der Waals surface area contributed by atoms with Gasteiger partial charge in [-0.15, -0.1) is 0 Å². The Morgan fingerprint density at radius 1 is 1.12 bits per heavy atom. The van der Waals surface area contributed by atoms with Crippen LogP contribution in [0.15, 0.2) is 42.5 Å². The Hall–Kier alpha value is -1.96. The lowest BCUT2D eigenvalue weighted by molar-refractivity contribution is 0.112. The molecule has 86 valence electrons. The molecule has 2 aromatic carbocycles. The summed E-state index contributed by atoms with van der Waals surface area (Å²) in [6, 6.07) is 12.7. The van der Waals surface area contributed by atoms with Crippen LogP contribution >= 0.6 is 0 Å². The fraction of sp³-hybridized carbons (Fsp3) is 0.133. The SMILES string of the molecule is CCc1cccc(-c2ccc(C=O)c(F)c2)c1. The van der Waals surface area contributed by atoms with Gasteiger partial charge in [-0.25, -0.2) is 4.39 Å². The molecular formula is C15H13FO. The minimum Gasteiger partial charge on any atom is -0.298 e. The van der Waals surface area contributed by atoms with E-state index in [1.807, 2.05) is 24.3 Å². The topological polar surface area (TPSA) is 17.1 Å². The number of benzene rings is 2. The first kappa shape index (κ1) is 11.5. The lowest BCUT2D eigenvalue weighted by Gasteiger charge is -2.05. The van der Waals surface area contributed by atoms with E-state index in [0.29, 0.717) is 6.29 Å². The molecule has 0 radical (unpaired) electrons. The summed E-state index contributed by atoms with van der Waals surface area (Å²) in [4.78, 5) is 10.5. The fourth-order valence-electron chi connectivity index (χ4n) is 1.77. The zero-order valence-electron chi connectivity index (χ0n) is 9.61. The second-order valence-electron chi connectivity index (χ2n) is 3.91. The number of rotatable bonds is 3. The molecule has 0 aliphatic rings. The van der Waals surface area contributed by atoms with Gasteiger partial charge in [0.25, 0.3) is 0 Å². The summed E-state index contributed by atoms with van der Waals surface area (Å²) < 4.78 is 13.5. The highest BCUT2D eigenvalue weighted by Gasteiger charge is 2.04. The number of aldehydes is 1. The van der Waals surface area contributed by atoms with Crippen LogP contribution in [0.3, 0.4) is 0 Å². The van der Waals surface area contributed by atoms with Crippen LogP contribution < -0.4 is 0 Å². The maximum absolute atomic E-state index is 13.5. The third kappa shape index (κ3) is 2.41. The summed E-state index contributed by atoms with van der Waals surface area (Å²) in [5.41, 5.74) is 3.08. The molecule has 0 heterocycles. The Morgan fingerprint density at radius 3 is 2.53 bits per heavy atom. The molecule has 0 saturated heterocycles. The molecule has 17 heavy (non-hydrogen) atoms. The van der Waals surface area contributed by atoms with Crippen molar-refractivity contribution in [2.24, 2.45) is 0 Å². The molecule has 1 nitrogen and oxygen atoms in total. The van der Waals surface area contributed by atoms with Gasteiger partial charge in [-0.2, -0.15) is 0 Å². The van der Waals surface area contributed by atoms with Crippen molar-refractivity contribution in [2.45, 2.75) is 13.3 Å². The van der Waals surface area contributed by atoms with Crippen molar-refractivity contribution in [1.29, 1.82) is 0 Å². The van der Waals surface area contributed by atoms with Crippen LogP contribution in [-0.4, -0.2) is 6.29 Å². The third-order valence-corrected chi connectivity index (χ3v) is 2.80. The standard InChI is InChI=1S/C15H13FO/c1-2-11-4-3-5-12(8-11)13-6-7-14(10-17)15(16)9-13/h3-10H,2H2,1H3. The van der Waals surface area contributed by atoms with Crippen molar-refractivity contribution < 1.29 is 9.18 Å². The molecule has 0 aliphatic heterocycles. The summed E-state index contributed by atoms with van der Waals surface area (Å²) >= 11 is 0. The van der Waals surface area contributed by atoms with Crippen LogP contribution in [0.25, 0.3) is 11.1 Å². The van der Waals surface area contributed by atoms with Crippen molar-refractivity contribution >= 4 is 6.29 Å². The average molecular weight is 228 g/mol. The summed E-state index contributed by atoms with van der Waals surface area (Å²) in [5.74, 6) is -0.473. The lowest BCUT2D eigenvalue weighted by atomic mass is 10.0. The molecule has 0 saturated carbocycles. The third-order valence-electron chi connectivity index (χ3n) is 2.80. The Bertz CT molecular complexity index is 546. The maximum Gasteiger partial charge on any atom is 0.152 e. The summed E-state index contributed by atoms with van der Waals surface area (Å²) in [6.07, 6.45) is 1.48. The number of carbonyl (C=O) groups excluding carboxylic acids is 1. The monoisotopic (exact) mass is 228 g/mol. The van der Waals surface area contributed by atoms with E-state index in [-0.39, 0.29) is 5.56 Å². The second kappa shape index (κ2) is 4.91. The smallest absolute Gasteiger partial charge is 0.152 e. The van der Waals surface area contributed by atoms with Crippen molar-refractivity contribution in [1.82, 2.24) is 0 Å². The van der Waals surface area contributed by atoms with Crippen LogP contribution in [0.5, 0.6) is 0 Å². The lowest BCUT2D eigenvalue weighted by Crippen LogP contribution is -1.89. The molecule has 0 atom stereocenters. The Kier molecular flexibility index (Phi) is 3.33. The van der Waals surface area contributed by atoms with E-state index in [1.165, 1.54) is 17.7 Å². The zero-order valence-corrected chi connectivity index (χ0v) is 9.61. The molecule has 2 aromatic rings. The zero-order chi connectivity index (χ0) is 12.3. The van der Waals surface area contributed by atoms with Crippen LogP contribution in [0.1, 0.15) is 22.8 Å². The van der Waals surface area contributed by atoms with Crippen LogP contribution in [0.2, 0.25) is 0 Å². The van der Waals surface area contributed by atoms with Gasteiger partial charge in [0.15, 0.2) is 6.29 Å². The van der Waals surface area contributed by atoms with Gasteiger partial charge in [0.1, 0.15) is 5.82 Å². The first-order valence-corrected chi connectivity index (χ1v) is 5.58. The van der Waals surface area contributed by atoms with Gasteiger partial charge in [0, 0.05) is 0 Å².